The first-order chi connectivity index (χ1) is 13.3. The Labute approximate surface area is 161 Å². The molecular weight excluding hydrogens is 334 g/mol. The van der Waals surface area contributed by atoms with E-state index in [1.807, 2.05) is 54.6 Å². The van der Waals surface area contributed by atoms with Crippen LogP contribution in [-0.2, 0) is 4.74 Å². The Bertz CT molecular complexity index is 808. The minimum Gasteiger partial charge on any atom is -0.384 e. The number of hydrogen-bond acceptors (Lipinski definition) is 3. The first kappa shape index (κ1) is 20.3. The fourth-order valence-corrected chi connectivity index (χ4v) is 2.57. The number of aliphatic hydroxyl groups is 1. The Morgan fingerprint density at radius 3 is 2.19 bits per heavy atom. The van der Waals surface area contributed by atoms with Gasteiger partial charge in [0.2, 0.25) is 0 Å². The molecule has 0 aliphatic carbocycles. The Kier molecular flexibility index (Phi) is 8.70. The molecule has 0 saturated carbocycles. The number of hydrogen-bond donors (Lipinski definition) is 1. The lowest BCUT2D eigenvalue weighted by Crippen LogP contribution is -2.02. The molecule has 0 amide bonds. The molecule has 1 N–H and O–H groups in total. The molecule has 0 aliphatic rings. The van der Waals surface area contributed by atoms with E-state index in [2.05, 4.69) is 30.3 Å². The molecule has 1 unspecified atom stereocenters. The Balaban J connectivity index is 0.000000321. The SMILES string of the molecule is C=CCOCC=C.OC(c1cccnc1)c1ccccc1-c1ccccc1. The van der Waals surface area contributed by atoms with Crippen molar-refractivity contribution in [1.29, 1.82) is 0 Å². The van der Waals surface area contributed by atoms with Gasteiger partial charge in [-0.25, -0.2) is 0 Å². The van der Waals surface area contributed by atoms with E-state index in [4.69, 9.17) is 4.74 Å². The van der Waals surface area contributed by atoms with E-state index in [1.54, 1.807) is 24.5 Å². The van der Waals surface area contributed by atoms with Crippen molar-refractivity contribution in [3.63, 3.8) is 0 Å². The highest BCUT2D eigenvalue weighted by Gasteiger charge is 2.14. The van der Waals surface area contributed by atoms with Crippen LogP contribution >= 0.6 is 0 Å². The standard InChI is InChI=1S/C18H15NO.C6H10O/c20-18(15-9-6-12-19-13-15)17-11-5-4-10-16(17)14-7-2-1-3-8-14;1-3-5-7-6-4-2/h1-13,18,20H;3-4H,1-2,5-6H2. The summed E-state index contributed by atoms with van der Waals surface area (Å²) in [5.74, 6) is 0. The predicted molar refractivity (Wildman–Crippen MR) is 111 cm³/mol. The highest BCUT2D eigenvalue weighted by atomic mass is 16.5. The van der Waals surface area contributed by atoms with Gasteiger partial charge < -0.3 is 9.84 Å². The molecule has 138 valence electrons. The van der Waals surface area contributed by atoms with E-state index >= 15 is 0 Å². The largest absolute Gasteiger partial charge is 0.384 e. The van der Waals surface area contributed by atoms with Crippen LogP contribution in [0.4, 0.5) is 0 Å². The van der Waals surface area contributed by atoms with Crippen LogP contribution < -0.4 is 0 Å². The van der Waals surface area contributed by atoms with Crippen LogP contribution in [0.15, 0.2) is 104 Å². The number of aliphatic hydroxyl groups excluding tert-OH is 1. The van der Waals surface area contributed by atoms with Crippen LogP contribution in [0.3, 0.4) is 0 Å². The molecule has 0 spiro atoms. The Hall–Kier alpha value is -3.01. The lowest BCUT2D eigenvalue weighted by atomic mass is 9.93. The molecule has 0 radical (unpaired) electrons. The number of benzene rings is 2. The molecule has 1 heterocycles. The van der Waals surface area contributed by atoms with Crippen LogP contribution in [0.2, 0.25) is 0 Å². The maximum absolute atomic E-state index is 10.6. The second-order valence-corrected chi connectivity index (χ2v) is 5.76. The van der Waals surface area contributed by atoms with Crippen LogP contribution in [0.25, 0.3) is 11.1 Å². The minimum absolute atomic E-state index is 0.617. The second kappa shape index (κ2) is 11.6. The first-order valence-electron chi connectivity index (χ1n) is 8.79. The fourth-order valence-electron chi connectivity index (χ4n) is 2.57. The van der Waals surface area contributed by atoms with E-state index in [9.17, 15) is 5.11 Å². The van der Waals surface area contributed by atoms with Crippen LogP contribution in [-0.4, -0.2) is 23.3 Å². The topological polar surface area (TPSA) is 42.4 Å². The zero-order valence-corrected chi connectivity index (χ0v) is 15.4. The Morgan fingerprint density at radius 2 is 1.56 bits per heavy atom. The first-order valence-corrected chi connectivity index (χ1v) is 8.79. The molecule has 0 bridgehead atoms. The highest BCUT2D eigenvalue weighted by molar-refractivity contribution is 5.68. The van der Waals surface area contributed by atoms with Crippen molar-refractivity contribution in [2.45, 2.75) is 6.10 Å². The summed E-state index contributed by atoms with van der Waals surface area (Å²) in [6.45, 7) is 8.18. The fraction of sp³-hybridized carbons (Fsp3) is 0.125. The molecule has 3 rings (SSSR count). The summed E-state index contributed by atoms with van der Waals surface area (Å²) >= 11 is 0. The van der Waals surface area contributed by atoms with Crippen LogP contribution in [0.5, 0.6) is 0 Å². The quantitative estimate of drug-likeness (QED) is 0.465. The maximum Gasteiger partial charge on any atom is 0.106 e. The van der Waals surface area contributed by atoms with Gasteiger partial charge in [0, 0.05) is 18.0 Å². The molecule has 0 fully saturated rings. The second-order valence-electron chi connectivity index (χ2n) is 5.76. The van der Waals surface area contributed by atoms with Gasteiger partial charge in [-0.1, -0.05) is 72.8 Å². The number of ether oxygens (including phenoxy) is 1. The molecule has 3 aromatic rings. The maximum atomic E-state index is 10.6. The van der Waals surface area contributed by atoms with E-state index < -0.39 is 6.10 Å². The normalized spacial score (nSPS) is 11.0. The average Bonchev–Trinajstić information content (AvgIpc) is 2.75. The van der Waals surface area contributed by atoms with Crippen molar-refractivity contribution in [3.8, 4) is 11.1 Å². The zero-order chi connectivity index (χ0) is 19.3. The van der Waals surface area contributed by atoms with Gasteiger partial charge >= 0.3 is 0 Å². The van der Waals surface area contributed by atoms with E-state index in [1.165, 1.54) is 0 Å². The van der Waals surface area contributed by atoms with E-state index in [0.717, 1.165) is 22.3 Å². The third-order valence-corrected chi connectivity index (χ3v) is 3.81. The van der Waals surface area contributed by atoms with Crippen molar-refractivity contribution >= 4 is 0 Å². The van der Waals surface area contributed by atoms with Crippen molar-refractivity contribution < 1.29 is 9.84 Å². The van der Waals surface area contributed by atoms with Gasteiger partial charge in [0.25, 0.3) is 0 Å². The van der Waals surface area contributed by atoms with Crippen molar-refractivity contribution in [3.05, 3.63) is 116 Å². The summed E-state index contributed by atoms with van der Waals surface area (Å²) in [7, 11) is 0. The summed E-state index contributed by atoms with van der Waals surface area (Å²) < 4.78 is 4.90. The molecule has 1 atom stereocenters. The average molecular weight is 359 g/mol. The molecule has 1 aromatic heterocycles. The van der Waals surface area contributed by atoms with Gasteiger partial charge in [-0.2, -0.15) is 0 Å². The van der Waals surface area contributed by atoms with Crippen molar-refractivity contribution in [1.82, 2.24) is 4.98 Å². The van der Waals surface area contributed by atoms with Crippen molar-refractivity contribution in [2.24, 2.45) is 0 Å². The zero-order valence-electron chi connectivity index (χ0n) is 15.4. The van der Waals surface area contributed by atoms with Crippen molar-refractivity contribution in [2.75, 3.05) is 13.2 Å². The summed E-state index contributed by atoms with van der Waals surface area (Å²) in [4.78, 5) is 4.07. The van der Waals surface area contributed by atoms with Gasteiger partial charge in [-0.05, 0) is 22.8 Å². The minimum atomic E-state index is -0.667. The lowest BCUT2D eigenvalue weighted by Gasteiger charge is -2.15. The molecule has 2 aromatic carbocycles. The number of rotatable bonds is 7. The summed E-state index contributed by atoms with van der Waals surface area (Å²) in [6, 6.07) is 21.7. The number of aromatic nitrogens is 1. The molecule has 3 heteroatoms. The molecule has 27 heavy (non-hydrogen) atoms. The third kappa shape index (κ3) is 6.33. The van der Waals surface area contributed by atoms with Gasteiger partial charge in [-0.15, -0.1) is 13.2 Å². The van der Waals surface area contributed by atoms with Crippen LogP contribution in [0.1, 0.15) is 17.2 Å². The summed E-state index contributed by atoms with van der Waals surface area (Å²) in [5, 5.41) is 10.6. The number of nitrogens with zero attached hydrogens (tertiary/aromatic N) is 1. The molecule has 0 aliphatic heterocycles. The summed E-state index contributed by atoms with van der Waals surface area (Å²) in [5.41, 5.74) is 3.85. The molecule has 0 saturated heterocycles. The van der Waals surface area contributed by atoms with Gasteiger partial charge in [-0.3, -0.25) is 4.98 Å². The predicted octanol–water partition coefficient (Wildman–Crippen LogP) is 5.21. The molecule has 3 nitrogen and oxygen atoms in total. The number of pyridine rings is 1. The van der Waals surface area contributed by atoms with Gasteiger partial charge in [0.05, 0.1) is 13.2 Å². The summed E-state index contributed by atoms with van der Waals surface area (Å²) in [6.07, 6.45) is 6.17. The van der Waals surface area contributed by atoms with Gasteiger partial charge in [0.15, 0.2) is 0 Å². The van der Waals surface area contributed by atoms with E-state index in [-0.39, 0.29) is 0 Å². The van der Waals surface area contributed by atoms with Gasteiger partial charge in [0.1, 0.15) is 6.10 Å². The van der Waals surface area contributed by atoms with E-state index in [0.29, 0.717) is 13.2 Å². The third-order valence-electron chi connectivity index (χ3n) is 3.81. The Morgan fingerprint density at radius 1 is 0.889 bits per heavy atom. The highest BCUT2D eigenvalue weighted by Crippen LogP contribution is 2.31. The lowest BCUT2D eigenvalue weighted by molar-refractivity contribution is 0.194. The smallest absolute Gasteiger partial charge is 0.106 e. The van der Waals surface area contributed by atoms with Crippen LogP contribution in [0, 0.1) is 0 Å². The monoisotopic (exact) mass is 359 g/mol. The molecular formula is C24H25NO2.